The average molecular weight is 182 g/mol. The molecule has 4 heteroatoms. The van der Waals surface area contributed by atoms with E-state index in [4.69, 9.17) is 5.73 Å². The van der Waals surface area contributed by atoms with Crippen molar-refractivity contribution in [3.63, 3.8) is 0 Å². The Morgan fingerprint density at radius 2 is 2.46 bits per heavy atom. The molecular weight excluding hydrogens is 164 g/mol. The van der Waals surface area contributed by atoms with Gasteiger partial charge in [-0.15, -0.1) is 0 Å². The van der Waals surface area contributed by atoms with Gasteiger partial charge in [0.1, 0.15) is 0 Å². The predicted octanol–water partition coefficient (Wildman–Crippen LogP) is -0.243. The van der Waals surface area contributed by atoms with Gasteiger partial charge in [0, 0.05) is 25.2 Å². The van der Waals surface area contributed by atoms with E-state index in [0.29, 0.717) is 12.1 Å². The van der Waals surface area contributed by atoms with Gasteiger partial charge in [0.25, 0.3) is 0 Å². The maximum atomic E-state index is 5.90. The van der Waals surface area contributed by atoms with Gasteiger partial charge >= 0.3 is 0 Å². The van der Waals surface area contributed by atoms with Crippen LogP contribution in [0.3, 0.4) is 0 Å². The second-order valence-corrected chi connectivity index (χ2v) is 3.96. The van der Waals surface area contributed by atoms with Crippen molar-refractivity contribution in [3.05, 3.63) is 0 Å². The number of hydrogen-bond acceptors (Lipinski definition) is 4. The zero-order chi connectivity index (χ0) is 9.26. The number of nitrogens with two attached hydrogens (primary N) is 1. The fraction of sp³-hybridized carbons (Fsp3) is 0.889. The zero-order valence-corrected chi connectivity index (χ0v) is 8.16. The minimum Gasteiger partial charge on any atom is -0.354 e. The van der Waals surface area contributed by atoms with Gasteiger partial charge < -0.3 is 16.0 Å². The second kappa shape index (κ2) is 3.54. The minimum absolute atomic E-state index is 0.383. The van der Waals surface area contributed by atoms with E-state index in [-0.39, 0.29) is 0 Å². The molecule has 0 radical (unpaired) electrons. The molecular formula is C9H18N4. The molecule has 0 aromatic rings. The summed E-state index contributed by atoms with van der Waals surface area (Å²) in [6.45, 7) is 5.19. The fourth-order valence-electron chi connectivity index (χ4n) is 2.10. The number of likely N-dealkylation sites (tertiary alicyclic amines) is 1. The summed E-state index contributed by atoms with van der Waals surface area (Å²) < 4.78 is 0. The number of aliphatic imine (C=N–C) groups is 1. The van der Waals surface area contributed by atoms with Crippen molar-refractivity contribution in [1.29, 1.82) is 0 Å². The molecule has 2 rings (SSSR count). The van der Waals surface area contributed by atoms with Crippen molar-refractivity contribution in [2.24, 2.45) is 10.7 Å². The van der Waals surface area contributed by atoms with Crippen LogP contribution in [0.1, 0.15) is 19.8 Å². The van der Waals surface area contributed by atoms with Crippen LogP contribution in [0.25, 0.3) is 0 Å². The van der Waals surface area contributed by atoms with Crippen LogP contribution in [-0.2, 0) is 0 Å². The molecule has 0 aromatic carbocycles. The first-order chi connectivity index (χ1) is 6.27. The van der Waals surface area contributed by atoms with Crippen LogP contribution < -0.4 is 11.1 Å². The smallest absolute Gasteiger partial charge is 0.194 e. The number of nitrogens with zero attached hydrogens (tertiary/aromatic N) is 2. The lowest BCUT2D eigenvalue weighted by molar-refractivity contribution is 0.232. The Bertz CT molecular complexity index is 214. The molecule has 1 saturated heterocycles. The SMILES string of the molecule is CC1CC(N)CCN1C1=NCCN1. The van der Waals surface area contributed by atoms with Crippen molar-refractivity contribution in [3.8, 4) is 0 Å². The molecule has 0 amide bonds. The molecule has 13 heavy (non-hydrogen) atoms. The van der Waals surface area contributed by atoms with Crippen molar-refractivity contribution < 1.29 is 0 Å². The molecule has 0 bridgehead atoms. The monoisotopic (exact) mass is 182 g/mol. The molecule has 0 spiro atoms. The van der Waals surface area contributed by atoms with Crippen molar-refractivity contribution in [2.45, 2.75) is 31.8 Å². The quantitative estimate of drug-likeness (QED) is 0.543. The Balaban J connectivity index is 1.99. The lowest BCUT2D eigenvalue weighted by Crippen LogP contribution is -2.51. The minimum atomic E-state index is 0.383. The summed E-state index contributed by atoms with van der Waals surface area (Å²) in [6, 6.07) is 0.918. The van der Waals surface area contributed by atoms with Gasteiger partial charge in [-0.05, 0) is 19.8 Å². The molecule has 3 N–H and O–H groups in total. The zero-order valence-electron chi connectivity index (χ0n) is 8.16. The van der Waals surface area contributed by atoms with E-state index < -0.39 is 0 Å². The van der Waals surface area contributed by atoms with Crippen LogP contribution in [0.2, 0.25) is 0 Å². The van der Waals surface area contributed by atoms with Gasteiger partial charge in [0.05, 0.1) is 6.54 Å². The molecule has 1 fully saturated rings. The Morgan fingerprint density at radius 1 is 1.62 bits per heavy atom. The van der Waals surface area contributed by atoms with E-state index in [1.807, 2.05) is 0 Å². The van der Waals surface area contributed by atoms with E-state index in [9.17, 15) is 0 Å². The molecule has 2 aliphatic rings. The van der Waals surface area contributed by atoms with Gasteiger partial charge in [-0.25, -0.2) is 0 Å². The summed E-state index contributed by atoms with van der Waals surface area (Å²) in [7, 11) is 0. The third-order valence-electron chi connectivity index (χ3n) is 2.85. The van der Waals surface area contributed by atoms with E-state index in [1.165, 1.54) is 0 Å². The first-order valence-corrected chi connectivity index (χ1v) is 5.08. The van der Waals surface area contributed by atoms with Crippen LogP contribution in [0.5, 0.6) is 0 Å². The second-order valence-electron chi connectivity index (χ2n) is 3.96. The van der Waals surface area contributed by atoms with Crippen molar-refractivity contribution in [1.82, 2.24) is 10.2 Å². The first-order valence-electron chi connectivity index (χ1n) is 5.08. The number of hydrogen-bond donors (Lipinski definition) is 2. The van der Waals surface area contributed by atoms with Crippen LogP contribution in [0.4, 0.5) is 0 Å². The topological polar surface area (TPSA) is 53.6 Å². The van der Waals surface area contributed by atoms with Crippen LogP contribution in [-0.4, -0.2) is 42.6 Å². The van der Waals surface area contributed by atoms with Crippen molar-refractivity contribution in [2.75, 3.05) is 19.6 Å². The average Bonchev–Trinajstić information content (AvgIpc) is 2.56. The Kier molecular flexibility index (Phi) is 2.40. The fourth-order valence-corrected chi connectivity index (χ4v) is 2.10. The third kappa shape index (κ3) is 1.77. The highest BCUT2D eigenvalue weighted by Gasteiger charge is 2.26. The molecule has 0 aromatic heterocycles. The van der Waals surface area contributed by atoms with E-state index in [2.05, 4.69) is 22.1 Å². The molecule has 0 saturated carbocycles. The lowest BCUT2D eigenvalue weighted by atomic mass is 10.00. The summed E-state index contributed by atoms with van der Waals surface area (Å²) in [5.41, 5.74) is 5.90. The molecule has 2 aliphatic heterocycles. The Morgan fingerprint density at radius 3 is 3.08 bits per heavy atom. The first kappa shape index (κ1) is 8.81. The van der Waals surface area contributed by atoms with Gasteiger partial charge in [-0.3, -0.25) is 4.99 Å². The number of piperidine rings is 1. The van der Waals surface area contributed by atoms with Crippen LogP contribution in [0.15, 0.2) is 4.99 Å². The number of guanidine groups is 1. The Labute approximate surface area is 79.2 Å². The highest BCUT2D eigenvalue weighted by Crippen LogP contribution is 2.16. The molecule has 0 aliphatic carbocycles. The molecule has 4 nitrogen and oxygen atoms in total. The van der Waals surface area contributed by atoms with E-state index in [0.717, 1.165) is 38.4 Å². The summed E-state index contributed by atoms with van der Waals surface area (Å²) >= 11 is 0. The van der Waals surface area contributed by atoms with Gasteiger partial charge in [-0.2, -0.15) is 0 Å². The number of rotatable bonds is 0. The maximum Gasteiger partial charge on any atom is 0.194 e. The van der Waals surface area contributed by atoms with Gasteiger partial charge in [0.2, 0.25) is 0 Å². The standard InChI is InChI=1S/C9H18N4/c1-7-6-8(10)2-5-13(7)9-11-3-4-12-9/h7-8H,2-6,10H2,1H3,(H,11,12). The van der Waals surface area contributed by atoms with Gasteiger partial charge in [-0.1, -0.05) is 0 Å². The molecule has 2 atom stereocenters. The highest BCUT2D eigenvalue weighted by atomic mass is 15.3. The Hall–Kier alpha value is -0.770. The van der Waals surface area contributed by atoms with Crippen molar-refractivity contribution >= 4 is 5.96 Å². The summed E-state index contributed by atoms with van der Waals surface area (Å²) in [5.74, 6) is 1.08. The summed E-state index contributed by atoms with van der Waals surface area (Å²) in [4.78, 5) is 6.77. The normalized spacial score (nSPS) is 34.3. The van der Waals surface area contributed by atoms with Crippen LogP contribution >= 0.6 is 0 Å². The lowest BCUT2D eigenvalue weighted by Gasteiger charge is -2.37. The van der Waals surface area contributed by atoms with E-state index in [1.54, 1.807) is 0 Å². The summed E-state index contributed by atoms with van der Waals surface area (Å²) in [5, 5.41) is 3.31. The number of nitrogens with one attached hydrogen (secondary N) is 1. The highest BCUT2D eigenvalue weighted by molar-refractivity contribution is 5.81. The van der Waals surface area contributed by atoms with Gasteiger partial charge in [0.15, 0.2) is 5.96 Å². The summed E-state index contributed by atoms with van der Waals surface area (Å²) in [6.07, 6.45) is 2.17. The largest absolute Gasteiger partial charge is 0.354 e. The predicted molar refractivity (Wildman–Crippen MR) is 53.7 cm³/mol. The van der Waals surface area contributed by atoms with E-state index >= 15 is 0 Å². The van der Waals surface area contributed by atoms with Crippen LogP contribution in [0, 0.1) is 0 Å². The maximum absolute atomic E-state index is 5.90. The third-order valence-corrected chi connectivity index (χ3v) is 2.85. The molecule has 74 valence electrons. The molecule has 2 unspecified atom stereocenters. The molecule has 2 heterocycles.